The van der Waals surface area contributed by atoms with E-state index in [2.05, 4.69) is 5.32 Å². The first-order valence-electron chi connectivity index (χ1n) is 6.18. The lowest BCUT2D eigenvalue weighted by Gasteiger charge is -2.10. The average Bonchev–Trinajstić information content (AvgIpc) is 2.45. The van der Waals surface area contributed by atoms with Crippen LogP contribution in [-0.4, -0.2) is 0 Å². The number of hydrogen-bond acceptors (Lipinski definition) is 2. The molecule has 0 aromatic heterocycles. The Labute approximate surface area is 115 Å². The van der Waals surface area contributed by atoms with Gasteiger partial charge in [0.05, 0.1) is 5.56 Å². The van der Waals surface area contributed by atoms with Crippen molar-refractivity contribution in [2.75, 3.05) is 5.32 Å². The Balaban J connectivity index is 1.96. The molecule has 0 saturated carbocycles. The first kappa shape index (κ1) is 14.4. The summed E-state index contributed by atoms with van der Waals surface area (Å²) in [7, 11) is 0. The van der Waals surface area contributed by atoms with Gasteiger partial charge in [-0.2, -0.15) is 13.2 Å². The van der Waals surface area contributed by atoms with Crippen LogP contribution >= 0.6 is 0 Å². The number of anilines is 1. The van der Waals surface area contributed by atoms with Gasteiger partial charge in [0.15, 0.2) is 0 Å². The van der Waals surface area contributed by atoms with E-state index in [0.29, 0.717) is 18.8 Å². The second-order valence-electron chi connectivity index (χ2n) is 4.45. The fourth-order valence-corrected chi connectivity index (χ4v) is 1.77. The van der Waals surface area contributed by atoms with Crippen LogP contribution in [-0.2, 0) is 19.3 Å². The fraction of sp³-hybridized carbons (Fsp3) is 0.200. The van der Waals surface area contributed by atoms with Crippen LogP contribution in [0.2, 0.25) is 0 Å². The van der Waals surface area contributed by atoms with E-state index < -0.39 is 11.7 Å². The largest absolute Gasteiger partial charge is 0.416 e. The second-order valence-corrected chi connectivity index (χ2v) is 4.45. The second kappa shape index (κ2) is 5.96. The number of benzene rings is 2. The van der Waals surface area contributed by atoms with Gasteiger partial charge in [-0.1, -0.05) is 24.3 Å². The van der Waals surface area contributed by atoms with Crippen LogP contribution in [0.4, 0.5) is 18.9 Å². The van der Waals surface area contributed by atoms with Gasteiger partial charge in [0.2, 0.25) is 0 Å². The lowest BCUT2D eigenvalue weighted by molar-refractivity contribution is -0.137. The van der Waals surface area contributed by atoms with Gasteiger partial charge in [0, 0.05) is 18.8 Å². The van der Waals surface area contributed by atoms with Gasteiger partial charge in [-0.3, -0.25) is 0 Å². The maximum atomic E-state index is 12.4. The number of nitrogens with one attached hydrogen (secondary N) is 1. The van der Waals surface area contributed by atoms with Crippen molar-refractivity contribution < 1.29 is 13.2 Å². The number of rotatable bonds is 4. The Morgan fingerprint density at radius 3 is 1.90 bits per heavy atom. The number of alkyl halides is 3. The van der Waals surface area contributed by atoms with E-state index >= 15 is 0 Å². The van der Waals surface area contributed by atoms with Crippen molar-refractivity contribution in [3.8, 4) is 0 Å². The molecule has 0 radical (unpaired) electrons. The zero-order valence-electron chi connectivity index (χ0n) is 10.7. The summed E-state index contributed by atoms with van der Waals surface area (Å²) >= 11 is 0. The summed E-state index contributed by atoms with van der Waals surface area (Å²) in [5, 5.41) is 3.08. The maximum absolute atomic E-state index is 12.4. The van der Waals surface area contributed by atoms with Crippen LogP contribution in [0.25, 0.3) is 0 Å². The van der Waals surface area contributed by atoms with E-state index in [9.17, 15) is 13.2 Å². The molecule has 0 heterocycles. The molecule has 2 nitrogen and oxygen atoms in total. The van der Waals surface area contributed by atoms with E-state index in [-0.39, 0.29) is 0 Å². The van der Waals surface area contributed by atoms with Crippen LogP contribution in [0.1, 0.15) is 16.7 Å². The highest BCUT2D eigenvalue weighted by molar-refractivity contribution is 5.45. The minimum Gasteiger partial charge on any atom is -0.381 e. The van der Waals surface area contributed by atoms with Crippen molar-refractivity contribution in [3.63, 3.8) is 0 Å². The molecule has 0 bridgehead atoms. The summed E-state index contributed by atoms with van der Waals surface area (Å²) in [4.78, 5) is 0. The van der Waals surface area contributed by atoms with Gasteiger partial charge in [-0.15, -0.1) is 0 Å². The molecule has 0 unspecified atom stereocenters. The van der Waals surface area contributed by atoms with Gasteiger partial charge < -0.3 is 11.1 Å². The fourth-order valence-electron chi connectivity index (χ4n) is 1.77. The van der Waals surface area contributed by atoms with E-state index in [4.69, 9.17) is 5.73 Å². The highest BCUT2D eigenvalue weighted by Crippen LogP contribution is 2.29. The van der Waals surface area contributed by atoms with Gasteiger partial charge >= 0.3 is 6.18 Å². The predicted molar refractivity (Wildman–Crippen MR) is 73.1 cm³/mol. The summed E-state index contributed by atoms with van der Waals surface area (Å²) < 4.78 is 37.2. The van der Waals surface area contributed by atoms with Gasteiger partial charge in [0.1, 0.15) is 0 Å². The molecule has 0 aliphatic rings. The first-order valence-corrected chi connectivity index (χ1v) is 6.18. The smallest absolute Gasteiger partial charge is 0.381 e. The zero-order valence-corrected chi connectivity index (χ0v) is 10.7. The van der Waals surface area contributed by atoms with Crippen LogP contribution in [0.15, 0.2) is 48.5 Å². The predicted octanol–water partition coefficient (Wildman–Crippen LogP) is 3.78. The SMILES string of the molecule is NCc1ccc(CNc2ccc(C(F)(F)F)cc2)cc1. The third-order valence-electron chi connectivity index (χ3n) is 2.97. The Hall–Kier alpha value is -2.01. The summed E-state index contributed by atoms with van der Waals surface area (Å²) in [6.45, 7) is 1.04. The standard InChI is InChI=1S/C15H15F3N2/c16-15(17,18)13-5-7-14(8-6-13)20-10-12-3-1-11(9-19)2-4-12/h1-8,20H,9-10,19H2. The molecule has 0 aliphatic carbocycles. The minimum absolute atomic E-state index is 0.493. The molecular formula is C15H15F3N2. The molecular weight excluding hydrogens is 265 g/mol. The summed E-state index contributed by atoms with van der Waals surface area (Å²) in [6, 6.07) is 12.7. The number of nitrogens with two attached hydrogens (primary N) is 1. The normalized spacial score (nSPS) is 11.4. The zero-order chi connectivity index (χ0) is 14.6. The van der Waals surface area contributed by atoms with Crippen molar-refractivity contribution in [2.45, 2.75) is 19.3 Å². The molecule has 0 fully saturated rings. The van der Waals surface area contributed by atoms with Crippen LogP contribution in [0, 0.1) is 0 Å². The quantitative estimate of drug-likeness (QED) is 0.894. The molecule has 0 atom stereocenters. The molecule has 0 saturated heterocycles. The van der Waals surface area contributed by atoms with Gasteiger partial charge in [-0.05, 0) is 35.4 Å². The lowest BCUT2D eigenvalue weighted by Crippen LogP contribution is -2.05. The highest BCUT2D eigenvalue weighted by Gasteiger charge is 2.29. The van der Waals surface area contributed by atoms with Crippen LogP contribution in [0.3, 0.4) is 0 Å². The van der Waals surface area contributed by atoms with E-state index in [1.54, 1.807) is 0 Å². The Kier molecular flexibility index (Phi) is 4.29. The Bertz CT molecular complexity index is 545. The first-order chi connectivity index (χ1) is 9.49. The van der Waals surface area contributed by atoms with Crippen LogP contribution < -0.4 is 11.1 Å². The van der Waals surface area contributed by atoms with E-state index in [0.717, 1.165) is 23.3 Å². The Morgan fingerprint density at radius 2 is 1.40 bits per heavy atom. The van der Waals surface area contributed by atoms with Gasteiger partial charge in [-0.25, -0.2) is 0 Å². The summed E-state index contributed by atoms with van der Waals surface area (Å²) in [6.07, 6.45) is -4.30. The number of hydrogen-bond donors (Lipinski definition) is 2. The van der Waals surface area contributed by atoms with E-state index in [1.807, 2.05) is 24.3 Å². The summed E-state index contributed by atoms with van der Waals surface area (Å²) in [5.41, 5.74) is 7.61. The van der Waals surface area contributed by atoms with Crippen molar-refractivity contribution in [1.29, 1.82) is 0 Å². The molecule has 20 heavy (non-hydrogen) atoms. The molecule has 2 aromatic carbocycles. The Morgan fingerprint density at radius 1 is 0.850 bits per heavy atom. The molecule has 0 amide bonds. The van der Waals surface area contributed by atoms with Crippen molar-refractivity contribution in [3.05, 3.63) is 65.2 Å². The molecule has 2 rings (SSSR count). The molecule has 106 valence electrons. The average molecular weight is 280 g/mol. The monoisotopic (exact) mass is 280 g/mol. The topological polar surface area (TPSA) is 38.0 Å². The third kappa shape index (κ3) is 3.74. The molecule has 2 aromatic rings. The minimum atomic E-state index is -4.30. The third-order valence-corrected chi connectivity index (χ3v) is 2.97. The molecule has 0 aliphatic heterocycles. The summed E-state index contributed by atoms with van der Waals surface area (Å²) in [5.74, 6) is 0. The molecule has 5 heteroatoms. The van der Waals surface area contributed by atoms with Crippen molar-refractivity contribution in [1.82, 2.24) is 0 Å². The highest BCUT2D eigenvalue weighted by atomic mass is 19.4. The molecule has 3 N–H and O–H groups in total. The lowest BCUT2D eigenvalue weighted by atomic mass is 10.1. The van der Waals surface area contributed by atoms with E-state index in [1.165, 1.54) is 12.1 Å². The van der Waals surface area contributed by atoms with Crippen LogP contribution in [0.5, 0.6) is 0 Å². The van der Waals surface area contributed by atoms with Crippen molar-refractivity contribution in [2.24, 2.45) is 5.73 Å². The maximum Gasteiger partial charge on any atom is 0.416 e. The van der Waals surface area contributed by atoms with Gasteiger partial charge in [0.25, 0.3) is 0 Å². The molecule has 0 spiro atoms. The number of halogens is 3. The van der Waals surface area contributed by atoms with Crippen molar-refractivity contribution >= 4 is 5.69 Å².